The van der Waals surface area contributed by atoms with Crippen LogP contribution in [0.25, 0.3) is 0 Å². The van der Waals surface area contributed by atoms with Crippen molar-refractivity contribution < 1.29 is 0 Å². The van der Waals surface area contributed by atoms with Gasteiger partial charge in [0.25, 0.3) is 0 Å². The largest absolute Gasteiger partial charge is 0.271 e. The van der Waals surface area contributed by atoms with E-state index in [2.05, 4.69) is 11.5 Å². The maximum absolute atomic E-state index is 6.01. The first-order valence-corrected chi connectivity index (χ1v) is 6.88. The second-order valence-electron chi connectivity index (χ2n) is 5.44. The van der Waals surface area contributed by atoms with Crippen molar-refractivity contribution in [2.24, 2.45) is 23.6 Å². The van der Waals surface area contributed by atoms with E-state index in [4.69, 9.17) is 17.4 Å². The molecule has 2 nitrogen and oxygen atoms in total. The summed E-state index contributed by atoms with van der Waals surface area (Å²) in [5, 5.41) is 0.814. The van der Waals surface area contributed by atoms with E-state index in [0.29, 0.717) is 6.04 Å². The SMILES string of the molecule is NNC(Cc1cccc(Cl)c1)C1C2CCCC21. The van der Waals surface area contributed by atoms with Gasteiger partial charge in [0.1, 0.15) is 0 Å². The fourth-order valence-corrected chi connectivity index (χ4v) is 3.91. The molecule has 2 saturated carbocycles. The van der Waals surface area contributed by atoms with E-state index < -0.39 is 0 Å². The molecule has 0 aliphatic heterocycles. The topological polar surface area (TPSA) is 38.0 Å². The van der Waals surface area contributed by atoms with Crippen molar-refractivity contribution in [2.75, 3.05) is 0 Å². The summed E-state index contributed by atoms with van der Waals surface area (Å²) in [6, 6.07) is 8.53. The highest BCUT2D eigenvalue weighted by molar-refractivity contribution is 6.30. The van der Waals surface area contributed by atoms with Crippen LogP contribution in [0.5, 0.6) is 0 Å². The number of rotatable bonds is 4. The molecule has 1 aromatic carbocycles. The number of nitrogens with one attached hydrogen (secondary N) is 1. The molecule has 92 valence electrons. The minimum absolute atomic E-state index is 0.420. The van der Waals surface area contributed by atoms with Crippen LogP contribution in [0.3, 0.4) is 0 Å². The van der Waals surface area contributed by atoms with Crippen LogP contribution >= 0.6 is 11.6 Å². The van der Waals surface area contributed by atoms with Gasteiger partial charge in [0.2, 0.25) is 0 Å². The third-order valence-electron chi connectivity index (χ3n) is 4.50. The Balaban J connectivity index is 1.66. The summed E-state index contributed by atoms with van der Waals surface area (Å²) < 4.78 is 0. The molecule has 3 unspecified atom stereocenters. The van der Waals surface area contributed by atoms with Gasteiger partial charge in [-0.3, -0.25) is 11.3 Å². The fraction of sp³-hybridized carbons (Fsp3) is 0.571. The van der Waals surface area contributed by atoms with Gasteiger partial charge in [0.05, 0.1) is 0 Å². The average Bonchev–Trinajstić information content (AvgIpc) is 2.80. The van der Waals surface area contributed by atoms with Crippen molar-refractivity contribution >= 4 is 11.6 Å². The molecule has 0 amide bonds. The molecule has 0 spiro atoms. The van der Waals surface area contributed by atoms with Gasteiger partial charge in [-0.25, -0.2) is 0 Å². The number of halogens is 1. The summed E-state index contributed by atoms with van der Waals surface area (Å²) in [6.45, 7) is 0. The molecule has 0 bridgehead atoms. The van der Waals surface area contributed by atoms with Gasteiger partial charge < -0.3 is 0 Å². The Morgan fingerprint density at radius 2 is 2.12 bits per heavy atom. The Morgan fingerprint density at radius 3 is 2.76 bits per heavy atom. The smallest absolute Gasteiger partial charge is 0.0408 e. The summed E-state index contributed by atoms with van der Waals surface area (Å²) in [5.41, 5.74) is 4.30. The molecule has 2 aliphatic rings. The monoisotopic (exact) mass is 250 g/mol. The first-order valence-electron chi connectivity index (χ1n) is 6.50. The molecule has 0 radical (unpaired) electrons. The number of hydrazine groups is 1. The molecule has 3 atom stereocenters. The maximum Gasteiger partial charge on any atom is 0.0408 e. The average molecular weight is 251 g/mol. The van der Waals surface area contributed by atoms with Crippen LogP contribution in [0.2, 0.25) is 5.02 Å². The van der Waals surface area contributed by atoms with Crippen LogP contribution in [0, 0.1) is 17.8 Å². The lowest BCUT2D eigenvalue weighted by atomic mass is 9.98. The molecule has 17 heavy (non-hydrogen) atoms. The molecule has 2 aliphatic carbocycles. The molecule has 1 aromatic rings. The Morgan fingerprint density at radius 1 is 1.35 bits per heavy atom. The van der Waals surface area contributed by atoms with Gasteiger partial charge in [-0.15, -0.1) is 0 Å². The van der Waals surface area contributed by atoms with Crippen LogP contribution in [0.15, 0.2) is 24.3 Å². The van der Waals surface area contributed by atoms with Crippen molar-refractivity contribution in [1.82, 2.24) is 5.43 Å². The molecule has 3 rings (SSSR count). The first kappa shape index (κ1) is 11.5. The Hall–Kier alpha value is -0.570. The Kier molecular flexibility index (Phi) is 3.12. The third kappa shape index (κ3) is 2.22. The van der Waals surface area contributed by atoms with Gasteiger partial charge in [-0.2, -0.15) is 0 Å². The summed E-state index contributed by atoms with van der Waals surface area (Å²) in [5.74, 6) is 8.40. The molecule has 2 fully saturated rings. The minimum atomic E-state index is 0.420. The highest BCUT2D eigenvalue weighted by atomic mass is 35.5. The highest BCUT2D eigenvalue weighted by Crippen LogP contribution is 2.59. The number of fused-ring (bicyclic) bond motifs is 1. The maximum atomic E-state index is 6.01. The van der Waals surface area contributed by atoms with E-state index in [1.807, 2.05) is 18.2 Å². The lowest BCUT2D eigenvalue weighted by Gasteiger charge is -2.18. The van der Waals surface area contributed by atoms with Crippen LogP contribution in [-0.4, -0.2) is 6.04 Å². The number of nitrogens with two attached hydrogens (primary N) is 1. The van der Waals surface area contributed by atoms with Crippen molar-refractivity contribution in [2.45, 2.75) is 31.7 Å². The van der Waals surface area contributed by atoms with E-state index >= 15 is 0 Å². The van der Waals surface area contributed by atoms with E-state index in [9.17, 15) is 0 Å². The zero-order valence-electron chi connectivity index (χ0n) is 9.90. The van der Waals surface area contributed by atoms with Crippen LogP contribution < -0.4 is 11.3 Å². The molecule has 0 aromatic heterocycles. The Bertz CT molecular complexity index is 397. The van der Waals surface area contributed by atoms with E-state index in [0.717, 1.165) is 29.2 Å². The second kappa shape index (κ2) is 4.60. The number of hydrogen-bond acceptors (Lipinski definition) is 2. The van der Waals surface area contributed by atoms with E-state index in [1.54, 1.807) is 0 Å². The summed E-state index contributed by atoms with van der Waals surface area (Å²) in [6.07, 6.45) is 5.22. The van der Waals surface area contributed by atoms with Crippen molar-refractivity contribution in [3.63, 3.8) is 0 Å². The summed E-state index contributed by atoms with van der Waals surface area (Å²) in [7, 11) is 0. The lowest BCUT2D eigenvalue weighted by molar-refractivity contribution is 0.410. The normalized spacial score (nSPS) is 32.2. The van der Waals surface area contributed by atoms with Gasteiger partial charge in [0.15, 0.2) is 0 Å². The third-order valence-corrected chi connectivity index (χ3v) is 4.73. The van der Waals surface area contributed by atoms with Crippen molar-refractivity contribution in [3.05, 3.63) is 34.9 Å². The fourth-order valence-electron chi connectivity index (χ4n) is 3.70. The van der Waals surface area contributed by atoms with Crippen LogP contribution in [0.1, 0.15) is 24.8 Å². The van der Waals surface area contributed by atoms with Crippen molar-refractivity contribution in [1.29, 1.82) is 0 Å². The van der Waals surface area contributed by atoms with Crippen molar-refractivity contribution in [3.8, 4) is 0 Å². The second-order valence-corrected chi connectivity index (χ2v) is 5.88. The predicted octanol–water partition coefficient (Wildman–Crippen LogP) is 2.76. The molecular formula is C14H19ClN2. The highest BCUT2D eigenvalue weighted by Gasteiger charge is 2.55. The molecule has 0 saturated heterocycles. The lowest BCUT2D eigenvalue weighted by Crippen LogP contribution is -2.39. The minimum Gasteiger partial charge on any atom is -0.271 e. The molecule has 3 heteroatoms. The Labute approximate surface area is 108 Å². The standard InChI is InChI=1S/C14H19ClN2/c15-10-4-1-3-9(7-10)8-13(17-16)14-11-5-2-6-12(11)14/h1,3-4,7,11-14,17H,2,5-6,8,16H2. The summed E-state index contributed by atoms with van der Waals surface area (Å²) >= 11 is 6.01. The number of hydrogen-bond donors (Lipinski definition) is 2. The zero-order chi connectivity index (χ0) is 11.8. The number of benzene rings is 1. The molecule has 0 heterocycles. The van der Waals surface area contributed by atoms with Gasteiger partial charge in [-0.1, -0.05) is 30.2 Å². The quantitative estimate of drug-likeness (QED) is 0.637. The zero-order valence-corrected chi connectivity index (χ0v) is 10.7. The van der Waals surface area contributed by atoms with Gasteiger partial charge in [-0.05, 0) is 54.7 Å². The molecule has 3 N–H and O–H groups in total. The van der Waals surface area contributed by atoms with Crippen LogP contribution in [-0.2, 0) is 6.42 Å². The van der Waals surface area contributed by atoms with Gasteiger partial charge in [0, 0.05) is 11.1 Å². The molecular weight excluding hydrogens is 232 g/mol. The van der Waals surface area contributed by atoms with E-state index in [-0.39, 0.29) is 0 Å². The summed E-state index contributed by atoms with van der Waals surface area (Å²) in [4.78, 5) is 0. The van der Waals surface area contributed by atoms with Crippen LogP contribution in [0.4, 0.5) is 0 Å². The first-order chi connectivity index (χ1) is 8.29. The van der Waals surface area contributed by atoms with Gasteiger partial charge >= 0.3 is 0 Å². The predicted molar refractivity (Wildman–Crippen MR) is 70.6 cm³/mol. The van der Waals surface area contributed by atoms with E-state index in [1.165, 1.54) is 24.8 Å².